The molecule has 0 saturated heterocycles. The molecule has 1 aliphatic carbocycles. The number of nitrogens with one attached hydrogen (secondary N) is 2. The lowest BCUT2D eigenvalue weighted by atomic mass is 10.1. The summed E-state index contributed by atoms with van der Waals surface area (Å²) < 4.78 is 1.05. The van der Waals surface area contributed by atoms with Gasteiger partial charge in [0.05, 0.1) is 27.9 Å². The van der Waals surface area contributed by atoms with Crippen LogP contribution in [0.15, 0.2) is 54.7 Å². The number of fused-ring (bicyclic) bond motifs is 1. The highest BCUT2D eigenvalue weighted by atomic mass is 32.1. The predicted molar refractivity (Wildman–Crippen MR) is 139 cm³/mol. The summed E-state index contributed by atoms with van der Waals surface area (Å²) in [6, 6.07) is 15.3. The fourth-order valence-corrected chi connectivity index (χ4v) is 5.27. The van der Waals surface area contributed by atoms with E-state index in [0.29, 0.717) is 23.8 Å². The molecule has 10 heteroatoms. The summed E-state index contributed by atoms with van der Waals surface area (Å²) in [6.45, 7) is -0.194. The summed E-state index contributed by atoms with van der Waals surface area (Å²) in [4.78, 5) is 16.0. The molecule has 4 aromatic rings. The van der Waals surface area contributed by atoms with Gasteiger partial charge in [-0.2, -0.15) is 4.98 Å². The second kappa shape index (κ2) is 9.74. The average molecular weight is 493 g/mol. The number of aliphatic hydroxyl groups excluding tert-OH is 3. The van der Waals surface area contributed by atoms with Crippen molar-refractivity contribution in [1.29, 1.82) is 0 Å². The number of aliphatic hydroxyl groups is 3. The van der Waals surface area contributed by atoms with Gasteiger partial charge in [-0.1, -0.05) is 12.1 Å². The Hall–Kier alpha value is -3.31. The zero-order valence-electron chi connectivity index (χ0n) is 19.5. The smallest absolute Gasteiger partial charge is 0.229 e. The quantitative estimate of drug-likeness (QED) is 0.264. The van der Waals surface area contributed by atoms with Crippen LogP contribution in [0.25, 0.3) is 20.8 Å². The molecule has 1 aliphatic rings. The van der Waals surface area contributed by atoms with Crippen molar-refractivity contribution in [2.45, 2.75) is 24.7 Å². The highest BCUT2D eigenvalue weighted by Gasteiger charge is 2.41. The van der Waals surface area contributed by atoms with Crippen LogP contribution < -0.4 is 15.5 Å². The van der Waals surface area contributed by atoms with Gasteiger partial charge in [-0.25, -0.2) is 9.97 Å². The van der Waals surface area contributed by atoms with Crippen LogP contribution in [0.3, 0.4) is 0 Å². The molecule has 0 aliphatic heterocycles. The van der Waals surface area contributed by atoms with Crippen molar-refractivity contribution >= 4 is 44.7 Å². The first kappa shape index (κ1) is 23.4. The lowest BCUT2D eigenvalue weighted by molar-refractivity contribution is 0.00446. The minimum Gasteiger partial charge on any atom is -0.396 e. The van der Waals surface area contributed by atoms with Gasteiger partial charge in [0.15, 0.2) is 0 Å². The maximum Gasteiger partial charge on any atom is 0.229 e. The molecular weight excluding hydrogens is 464 g/mol. The van der Waals surface area contributed by atoms with Crippen LogP contribution in [0.4, 0.5) is 23.1 Å². The van der Waals surface area contributed by atoms with Gasteiger partial charge >= 0.3 is 0 Å². The molecule has 2 heterocycles. The first-order valence-electron chi connectivity index (χ1n) is 11.4. The Bertz CT molecular complexity index is 1280. The van der Waals surface area contributed by atoms with E-state index in [1.165, 1.54) is 11.3 Å². The SMILES string of the molecule is CN(C)c1ccc(Nc2ncc(-c3nc4ccccc4s3)c(N[C@@H]3C[C@H](CO)[C@@H](O)[C@H]3O)n2)cc1. The second-order valence-corrected chi connectivity index (χ2v) is 9.95. The third-order valence-electron chi connectivity index (χ3n) is 6.31. The molecule has 1 fully saturated rings. The van der Waals surface area contributed by atoms with E-state index in [0.717, 1.165) is 26.6 Å². The summed E-state index contributed by atoms with van der Waals surface area (Å²) in [6.07, 6.45) is 0.0974. The maximum absolute atomic E-state index is 10.6. The van der Waals surface area contributed by atoms with Gasteiger partial charge in [0.2, 0.25) is 5.95 Å². The summed E-state index contributed by atoms with van der Waals surface area (Å²) in [5.41, 5.74) is 3.51. The van der Waals surface area contributed by atoms with E-state index in [4.69, 9.17) is 9.97 Å². The van der Waals surface area contributed by atoms with Crippen molar-refractivity contribution in [2.75, 3.05) is 36.2 Å². The van der Waals surface area contributed by atoms with Gasteiger partial charge in [-0.15, -0.1) is 11.3 Å². The molecule has 0 spiro atoms. The van der Waals surface area contributed by atoms with E-state index in [9.17, 15) is 15.3 Å². The number of hydrogen-bond acceptors (Lipinski definition) is 10. The van der Waals surface area contributed by atoms with E-state index < -0.39 is 24.2 Å². The molecule has 0 bridgehead atoms. The topological polar surface area (TPSA) is 127 Å². The van der Waals surface area contributed by atoms with Crippen molar-refractivity contribution in [2.24, 2.45) is 5.92 Å². The van der Waals surface area contributed by atoms with Crippen LogP contribution in [0, 0.1) is 5.92 Å². The van der Waals surface area contributed by atoms with Crippen LogP contribution in [0.2, 0.25) is 0 Å². The molecule has 0 unspecified atom stereocenters. The number of benzene rings is 2. The molecule has 182 valence electrons. The lowest BCUT2D eigenvalue weighted by Crippen LogP contribution is -2.35. The van der Waals surface area contributed by atoms with E-state index in [1.54, 1.807) is 6.20 Å². The fraction of sp³-hybridized carbons (Fsp3) is 0.320. The molecule has 2 aromatic carbocycles. The molecule has 5 N–H and O–H groups in total. The number of hydrogen-bond donors (Lipinski definition) is 5. The Balaban J connectivity index is 1.48. The summed E-state index contributed by atoms with van der Waals surface area (Å²) in [7, 11) is 3.97. The van der Waals surface area contributed by atoms with Gasteiger partial charge in [-0.3, -0.25) is 0 Å². The first-order valence-corrected chi connectivity index (χ1v) is 12.3. The van der Waals surface area contributed by atoms with Crippen molar-refractivity contribution in [3.63, 3.8) is 0 Å². The minimum atomic E-state index is -1.03. The Morgan fingerprint density at radius 3 is 2.49 bits per heavy atom. The molecule has 35 heavy (non-hydrogen) atoms. The highest BCUT2D eigenvalue weighted by molar-refractivity contribution is 7.21. The normalized spacial score (nSPS) is 21.9. The van der Waals surface area contributed by atoms with Crippen LogP contribution in [0.5, 0.6) is 0 Å². The van der Waals surface area contributed by atoms with E-state index in [1.807, 2.05) is 67.5 Å². The van der Waals surface area contributed by atoms with Crippen LogP contribution in [-0.2, 0) is 0 Å². The Kier molecular flexibility index (Phi) is 6.52. The largest absolute Gasteiger partial charge is 0.396 e. The Morgan fingerprint density at radius 2 is 1.80 bits per heavy atom. The lowest BCUT2D eigenvalue weighted by Gasteiger charge is -2.20. The van der Waals surface area contributed by atoms with Crippen LogP contribution in [0.1, 0.15) is 6.42 Å². The van der Waals surface area contributed by atoms with E-state index in [2.05, 4.69) is 15.6 Å². The first-order chi connectivity index (χ1) is 16.9. The van der Waals surface area contributed by atoms with Crippen LogP contribution in [-0.4, -0.2) is 69.2 Å². The molecule has 2 aromatic heterocycles. The zero-order chi connectivity index (χ0) is 24.5. The number of rotatable bonds is 7. The third-order valence-corrected chi connectivity index (χ3v) is 7.38. The highest BCUT2D eigenvalue weighted by Crippen LogP contribution is 2.36. The average Bonchev–Trinajstić information content (AvgIpc) is 3.41. The number of para-hydroxylation sites is 1. The second-order valence-electron chi connectivity index (χ2n) is 8.92. The van der Waals surface area contributed by atoms with Crippen LogP contribution >= 0.6 is 11.3 Å². The number of aromatic nitrogens is 3. The fourth-order valence-electron chi connectivity index (χ4n) is 4.29. The molecule has 1 saturated carbocycles. The Morgan fingerprint density at radius 1 is 1.03 bits per heavy atom. The predicted octanol–water partition coefficient (Wildman–Crippen LogP) is 3.08. The third kappa shape index (κ3) is 4.78. The van der Waals surface area contributed by atoms with Crippen molar-refractivity contribution in [1.82, 2.24) is 15.0 Å². The van der Waals surface area contributed by atoms with Crippen molar-refractivity contribution in [3.05, 3.63) is 54.7 Å². The standard InChI is InChI=1S/C25H28N6O3S/c1-31(2)16-9-7-15(8-10-16)27-25-26-12-17(24-29-18-5-3-4-6-20(18)35-24)23(30-25)28-19-11-14(13-32)21(33)22(19)34/h3-10,12,14,19,21-22,32-34H,11,13H2,1-2H3,(H2,26,27,28,30)/t14-,19-,21-,22+/m1/s1. The summed E-state index contributed by atoms with van der Waals surface area (Å²) in [5.74, 6) is 0.492. The number of nitrogens with zero attached hydrogens (tertiary/aromatic N) is 4. The van der Waals surface area contributed by atoms with Gasteiger partial charge in [0.25, 0.3) is 0 Å². The number of anilines is 4. The van der Waals surface area contributed by atoms with Crippen molar-refractivity contribution in [3.8, 4) is 10.6 Å². The van der Waals surface area contributed by atoms with Gasteiger partial charge in [-0.05, 0) is 42.8 Å². The molecule has 0 radical (unpaired) electrons. The molecule has 4 atom stereocenters. The Labute approximate surface area is 207 Å². The van der Waals surface area contributed by atoms with E-state index in [-0.39, 0.29) is 6.61 Å². The minimum absolute atomic E-state index is 0.194. The zero-order valence-corrected chi connectivity index (χ0v) is 20.3. The summed E-state index contributed by atoms with van der Waals surface area (Å²) >= 11 is 1.53. The van der Waals surface area contributed by atoms with Gasteiger partial charge < -0.3 is 30.9 Å². The van der Waals surface area contributed by atoms with E-state index >= 15 is 0 Å². The maximum atomic E-state index is 10.6. The van der Waals surface area contributed by atoms with Gasteiger partial charge in [0, 0.05) is 44.2 Å². The van der Waals surface area contributed by atoms with Crippen molar-refractivity contribution < 1.29 is 15.3 Å². The molecule has 0 amide bonds. The number of thiazole rings is 1. The monoisotopic (exact) mass is 492 g/mol. The molecule has 9 nitrogen and oxygen atoms in total. The molecular formula is C25H28N6O3S. The van der Waals surface area contributed by atoms with Gasteiger partial charge in [0.1, 0.15) is 16.9 Å². The molecule has 5 rings (SSSR count). The summed E-state index contributed by atoms with van der Waals surface area (Å²) in [5, 5.41) is 37.7.